The molecule has 0 spiro atoms. The Kier molecular flexibility index (Phi) is 5.39. The lowest BCUT2D eigenvalue weighted by molar-refractivity contribution is -0.471. The third kappa shape index (κ3) is 3.63. The molecule has 5 nitrogen and oxygen atoms in total. The number of nitrogens with zero attached hydrogens (tertiary/aromatic N) is 3. The van der Waals surface area contributed by atoms with E-state index in [1.165, 1.54) is 4.90 Å². The molecule has 0 saturated heterocycles. The summed E-state index contributed by atoms with van der Waals surface area (Å²) in [5, 5.41) is 3.42. The lowest BCUT2D eigenvalue weighted by Crippen LogP contribution is -2.49. The second-order valence-electron chi connectivity index (χ2n) is 5.01. The van der Waals surface area contributed by atoms with E-state index in [9.17, 15) is 4.79 Å². The number of benzene rings is 1. The first kappa shape index (κ1) is 16.3. The predicted octanol–water partition coefficient (Wildman–Crippen LogP) is 1.98. The van der Waals surface area contributed by atoms with Crippen molar-refractivity contribution in [2.24, 2.45) is 0 Å². The van der Waals surface area contributed by atoms with Gasteiger partial charge in [-0.1, -0.05) is 23.7 Å². The van der Waals surface area contributed by atoms with Gasteiger partial charge in [-0.25, -0.2) is 4.79 Å². The van der Waals surface area contributed by atoms with Gasteiger partial charge in [0, 0.05) is 7.05 Å². The molecule has 0 aliphatic carbocycles. The number of aryl methyl sites for hydroxylation is 1. The fourth-order valence-electron chi connectivity index (χ4n) is 1.95. The predicted molar refractivity (Wildman–Crippen MR) is 83.9 cm³/mol. The summed E-state index contributed by atoms with van der Waals surface area (Å²) in [5.41, 5.74) is 1.66. The molecule has 6 heteroatoms. The maximum Gasteiger partial charge on any atom is 0.386 e. The highest BCUT2D eigenvalue weighted by Gasteiger charge is 2.22. The molecule has 0 saturated carbocycles. The van der Waals surface area contributed by atoms with Crippen LogP contribution in [0.5, 0.6) is 0 Å². The highest BCUT2D eigenvalue weighted by Crippen LogP contribution is 2.28. The van der Waals surface area contributed by atoms with E-state index < -0.39 is 0 Å². The second-order valence-corrected chi connectivity index (χ2v) is 5.41. The van der Waals surface area contributed by atoms with E-state index in [0.29, 0.717) is 16.7 Å². The van der Waals surface area contributed by atoms with E-state index in [-0.39, 0.29) is 6.03 Å². The smallest absolute Gasteiger partial charge is 0.282 e. The van der Waals surface area contributed by atoms with Gasteiger partial charge in [0.2, 0.25) is 0 Å². The van der Waals surface area contributed by atoms with Crippen LogP contribution in [-0.4, -0.2) is 56.7 Å². The Labute approximate surface area is 125 Å². The molecule has 0 bridgehead atoms. The van der Waals surface area contributed by atoms with Gasteiger partial charge in [0.1, 0.15) is 0 Å². The minimum atomic E-state index is -0.237. The molecule has 2 amide bonds. The van der Waals surface area contributed by atoms with E-state index in [4.69, 9.17) is 11.6 Å². The van der Waals surface area contributed by atoms with Crippen molar-refractivity contribution < 1.29 is 9.37 Å². The van der Waals surface area contributed by atoms with Crippen LogP contribution in [0.4, 0.5) is 10.5 Å². The molecule has 20 heavy (non-hydrogen) atoms. The molecule has 1 aromatic carbocycles. The Balaban J connectivity index is 3.01. The Hall–Kier alpha value is -1.75. The van der Waals surface area contributed by atoms with Crippen LogP contribution in [-0.2, 0) is 0 Å². The van der Waals surface area contributed by atoms with Gasteiger partial charge < -0.3 is 0 Å². The standard InChI is InChI=1S/C14H21ClN4O/c1-10-8-7-9-11(15)12(10)19(6)14(20)16-13(17(2)3)18(4)5/h7-9H,1-6H3/p+1. The van der Waals surface area contributed by atoms with Gasteiger partial charge in [0.05, 0.1) is 38.9 Å². The largest absolute Gasteiger partial charge is 0.386 e. The molecule has 0 aliphatic rings. The molecule has 1 N–H and O–H groups in total. The minimum absolute atomic E-state index is 0.237. The highest BCUT2D eigenvalue weighted by molar-refractivity contribution is 6.34. The topological polar surface area (TPSA) is 38.6 Å². The van der Waals surface area contributed by atoms with Crippen LogP contribution in [0, 0.1) is 6.92 Å². The van der Waals surface area contributed by atoms with Crippen molar-refractivity contribution in [2.75, 3.05) is 40.1 Å². The zero-order chi connectivity index (χ0) is 15.4. The Morgan fingerprint density at radius 1 is 1.25 bits per heavy atom. The minimum Gasteiger partial charge on any atom is -0.282 e. The Morgan fingerprint density at radius 3 is 2.30 bits per heavy atom. The number of carbonyl (C=O) groups is 1. The number of nitrogens with one attached hydrogen (secondary N) is 1. The van der Waals surface area contributed by atoms with Crippen LogP contribution in [0.3, 0.4) is 0 Å². The van der Waals surface area contributed by atoms with E-state index in [2.05, 4.69) is 5.32 Å². The van der Waals surface area contributed by atoms with Crippen LogP contribution >= 0.6 is 11.6 Å². The average molecular weight is 298 g/mol. The lowest BCUT2D eigenvalue weighted by atomic mass is 10.2. The van der Waals surface area contributed by atoms with Gasteiger partial charge in [-0.3, -0.25) is 14.4 Å². The SMILES string of the molecule is Cc1cccc(Cl)c1N(C)C(=O)NC(N(C)C)=[N+](C)C. The molecule has 110 valence electrons. The first-order chi connectivity index (χ1) is 9.25. The van der Waals surface area contributed by atoms with Crippen LogP contribution in [0.15, 0.2) is 18.2 Å². The van der Waals surface area contributed by atoms with Crippen molar-refractivity contribution >= 4 is 29.3 Å². The number of urea groups is 1. The summed E-state index contributed by atoms with van der Waals surface area (Å²) in [5.74, 6) is 0.701. The normalized spacial score (nSPS) is 9.95. The highest BCUT2D eigenvalue weighted by atomic mass is 35.5. The number of guanidine groups is 1. The number of para-hydroxylation sites is 1. The molecule has 0 radical (unpaired) electrons. The molecule has 0 atom stereocenters. The summed E-state index contributed by atoms with van der Waals surface area (Å²) in [4.78, 5) is 15.7. The van der Waals surface area contributed by atoms with Gasteiger partial charge in [0.25, 0.3) is 0 Å². The number of carbonyl (C=O) groups excluding carboxylic acids is 1. The summed E-state index contributed by atoms with van der Waals surface area (Å²) in [7, 11) is 9.19. The third-order valence-corrected chi connectivity index (χ3v) is 3.20. The fourth-order valence-corrected chi connectivity index (χ4v) is 2.30. The molecular weight excluding hydrogens is 276 g/mol. The van der Waals surface area contributed by atoms with E-state index in [0.717, 1.165) is 5.56 Å². The number of halogens is 1. The van der Waals surface area contributed by atoms with Gasteiger partial charge >= 0.3 is 12.0 Å². The molecule has 0 aromatic heterocycles. The summed E-state index contributed by atoms with van der Waals surface area (Å²) < 4.78 is 1.84. The molecule has 0 aliphatic heterocycles. The van der Waals surface area contributed by atoms with Crippen molar-refractivity contribution in [1.29, 1.82) is 0 Å². The average Bonchev–Trinajstić information content (AvgIpc) is 2.34. The number of hydrogen-bond donors (Lipinski definition) is 1. The lowest BCUT2D eigenvalue weighted by Gasteiger charge is -2.21. The molecule has 0 unspecified atom stereocenters. The molecular formula is C14H22ClN4O+. The summed E-state index contributed by atoms with van der Waals surface area (Å²) in [6.45, 7) is 1.92. The zero-order valence-corrected chi connectivity index (χ0v) is 13.6. The quantitative estimate of drug-likeness (QED) is 0.489. The summed E-state index contributed by atoms with van der Waals surface area (Å²) in [6, 6.07) is 5.33. The van der Waals surface area contributed by atoms with Gasteiger partial charge in [-0.2, -0.15) is 5.32 Å². The molecule has 0 fully saturated rings. The van der Waals surface area contributed by atoms with Crippen molar-refractivity contribution in [3.05, 3.63) is 28.8 Å². The molecule has 1 rings (SSSR count). The maximum atomic E-state index is 12.3. The number of amides is 2. The van der Waals surface area contributed by atoms with Crippen LogP contribution in [0.1, 0.15) is 5.56 Å². The molecule has 1 aromatic rings. The van der Waals surface area contributed by atoms with Gasteiger partial charge in [0.15, 0.2) is 0 Å². The van der Waals surface area contributed by atoms with Crippen LogP contribution in [0.2, 0.25) is 5.02 Å². The maximum absolute atomic E-state index is 12.3. The first-order valence-electron chi connectivity index (χ1n) is 6.27. The van der Waals surface area contributed by atoms with Crippen LogP contribution in [0.25, 0.3) is 0 Å². The third-order valence-electron chi connectivity index (χ3n) is 2.89. The van der Waals surface area contributed by atoms with Crippen LogP contribution < -0.4 is 10.2 Å². The van der Waals surface area contributed by atoms with Gasteiger partial charge in [-0.15, -0.1) is 0 Å². The van der Waals surface area contributed by atoms with E-state index >= 15 is 0 Å². The summed E-state index contributed by atoms with van der Waals surface area (Å²) >= 11 is 6.18. The number of anilines is 1. The zero-order valence-electron chi connectivity index (χ0n) is 12.9. The monoisotopic (exact) mass is 297 g/mol. The Bertz CT molecular complexity index is 516. The fraction of sp³-hybridized carbons (Fsp3) is 0.429. The van der Waals surface area contributed by atoms with E-state index in [1.807, 2.05) is 56.7 Å². The van der Waals surface area contributed by atoms with Crippen molar-refractivity contribution in [1.82, 2.24) is 10.2 Å². The van der Waals surface area contributed by atoms with Gasteiger partial charge in [-0.05, 0) is 18.6 Å². The Morgan fingerprint density at radius 2 is 1.85 bits per heavy atom. The second kappa shape index (κ2) is 6.61. The van der Waals surface area contributed by atoms with E-state index in [1.54, 1.807) is 13.1 Å². The van der Waals surface area contributed by atoms with Crippen molar-refractivity contribution in [3.8, 4) is 0 Å². The first-order valence-corrected chi connectivity index (χ1v) is 6.65. The van der Waals surface area contributed by atoms with Crippen molar-refractivity contribution in [3.63, 3.8) is 0 Å². The van der Waals surface area contributed by atoms with Crippen molar-refractivity contribution in [2.45, 2.75) is 6.92 Å². The summed E-state index contributed by atoms with van der Waals surface area (Å²) in [6.07, 6.45) is 0. The number of hydrogen-bond acceptors (Lipinski definition) is 1. The number of rotatable bonds is 1. The molecule has 0 heterocycles.